The van der Waals surface area contributed by atoms with Crippen LogP contribution in [0.15, 0.2) is 18.5 Å². The van der Waals surface area contributed by atoms with Crippen molar-refractivity contribution in [2.45, 2.75) is 51.2 Å². The topological polar surface area (TPSA) is 48.1 Å². The third-order valence-corrected chi connectivity index (χ3v) is 3.70. The molecule has 1 aromatic heterocycles. The van der Waals surface area contributed by atoms with Gasteiger partial charge in [0.25, 0.3) is 0 Å². The van der Waals surface area contributed by atoms with E-state index >= 15 is 0 Å². The molecule has 1 atom stereocenters. The first kappa shape index (κ1) is 12.5. The highest BCUT2D eigenvalue weighted by molar-refractivity contribution is 5.23. The summed E-state index contributed by atoms with van der Waals surface area (Å²) in [5.74, 6) is 0. The Bertz CT molecular complexity index is 372. The fourth-order valence-electron chi connectivity index (χ4n) is 2.86. The molecule has 0 amide bonds. The number of aromatic nitrogens is 1. The van der Waals surface area contributed by atoms with Gasteiger partial charge in [-0.3, -0.25) is 4.98 Å². The number of nitrogens with two attached hydrogens (primary N) is 1. The minimum absolute atomic E-state index is 0.0580. The molecule has 2 rings (SSSR count). The van der Waals surface area contributed by atoms with Crippen molar-refractivity contribution in [3.63, 3.8) is 0 Å². The predicted octanol–water partition coefficient (Wildman–Crippen LogP) is 2.74. The van der Waals surface area contributed by atoms with E-state index in [2.05, 4.69) is 11.1 Å². The molecule has 1 aromatic rings. The molecule has 94 valence electrons. The third-order valence-electron chi connectivity index (χ3n) is 3.70. The van der Waals surface area contributed by atoms with Crippen molar-refractivity contribution in [2.24, 2.45) is 5.73 Å². The molecular formula is C14H22N2O. The van der Waals surface area contributed by atoms with Crippen LogP contribution >= 0.6 is 0 Å². The quantitative estimate of drug-likeness (QED) is 0.871. The molecule has 0 aromatic carbocycles. The van der Waals surface area contributed by atoms with Crippen molar-refractivity contribution in [2.75, 3.05) is 6.61 Å². The van der Waals surface area contributed by atoms with Crippen LogP contribution in [0.4, 0.5) is 0 Å². The Morgan fingerprint density at radius 1 is 1.41 bits per heavy atom. The van der Waals surface area contributed by atoms with Gasteiger partial charge in [0.2, 0.25) is 0 Å². The first-order valence-corrected chi connectivity index (χ1v) is 6.49. The van der Waals surface area contributed by atoms with Gasteiger partial charge in [0.15, 0.2) is 0 Å². The van der Waals surface area contributed by atoms with Crippen molar-refractivity contribution >= 4 is 0 Å². The van der Waals surface area contributed by atoms with Crippen molar-refractivity contribution in [1.29, 1.82) is 0 Å². The average molecular weight is 234 g/mol. The summed E-state index contributed by atoms with van der Waals surface area (Å²) in [6.07, 6.45) is 8.29. The molecule has 0 aliphatic heterocycles. The van der Waals surface area contributed by atoms with Crippen LogP contribution in [0, 0.1) is 6.92 Å². The van der Waals surface area contributed by atoms with Gasteiger partial charge in [-0.2, -0.15) is 0 Å². The lowest BCUT2D eigenvalue weighted by Gasteiger charge is -2.35. The lowest BCUT2D eigenvalue weighted by molar-refractivity contribution is -0.0537. The van der Waals surface area contributed by atoms with Crippen molar-refractivity contribution in [3.05, 3.63) is 29.6 Å². The molecule has 2 N–H and O–H groups in total. The van der Waals surface area contributed by atoms with Crippen LogP contribution in [-0.4, -0.2) is 17.2 Å². The average Bonchev–Trinajstić information content (AvgIpc) is 2.78. The number of nitrogens with zero attached hydrogens (tertiary/aromatic N) is 1. The van der Waals surface area contributed by atoms with Crippen LogP contribution in [0.2, 0.25) is 0 Å². The summed E-state index contributed by atoms with van der Waals surface area (Å²) in [5.41, 5.74) is 8.52. The van der Waals surface area contributed by atoms with Gasteiger partial charge in [-0.05, 0) is 37.8 Å². The van der Waals surface area contributed by atoms with Crippen molar-refractivity contribution in [3.8, 4) is 0 Å². The highest BCUT2D eigenvalue weighted by atomic mass is 16.5. The number of pyridine rings is 1. The third kappa shape index (κ3) is 2.50. The van der Waals surface area contributed by atoms with Gasteiger partial charge < -0.3 is 10.5 Å². The minimum atomic E-state index is -0.162. The molecule has 0 radical (unpaired) electrons. The Morgan fingerprint density at radius 3 is 2.71 bits per heavy atom. The predicted molar refractivity (Wildman–Crippen MR) is 68.7 cm³/mol. The zero-order chi connectivity index (χ0) is 12.3. The lowest BCUT2D eigenvalue weighted by Crippen LogP contribution is -2.41. The number of rotatable bonds is 4. The normalized spacial score (nSPS) is 20.4. The number of ether oxygens (including phenoxy) is 1. The summed E-state index contributed by atoms with van der Waals surface area (Å²) in [4.78, 5) is 4.23. The molecule has 3 nitrogen and oxygen atoms in total. The maximum absolute atomic E-state index is 6.43. The number of aryl methyl sites for hydroxylation is 1. The first-order chi connectivity index (χ1) is 8.18. The van der Waals surface area contributed by atoms with Gasteiger partial charge in [0.05, 0.1) is 11.6 Å². The van der Waals surface area contributed by atoms with E-state index in [1.54, 1.807) is 0 Å². The van der Waals surface area contributed by atoms with Crippen molar-refractivity contribution in [1.82, 2.24) is 4.98 Å². The zero-order valence-corrected chi connectivity index (χ0v) is 10.8. The largest absolute Gasteiger partial charge is 0.373 e. The van der Waals surface area contributed by atoms with Crippen LogP contribution in [0.1, 0.15) is 49.8 Å². The Kier molecular flexibility index (Phi) is 3.79. The van der Waals surface area contributed by atoms with Gasteiger partial charge in [0, 0.05) is 19.0 Å². The molecule has 1 heterocycles. The van der Waals surface area contributed by atoms with E-state index in [1.807, 2.05) is 26.2 Å². The molecule has 1 unspecified atom stereocenters. The molecule has 1 aliphatic carbocycles. The van der Waals surface area contributed by atoms with Gasteiger partial charge >= 0.3 is 0 Å². The Morgan fingerprint density at radius 2 is 2.12 bits per heavy atom. The fraction of sp³-hybridized carbons (Fsp3) is 0.643. The Balaban J connectivity index is 2.24. The highest BCUT2D eigenvalue weighted by Crippen LogP contribution is 2.41. The van der Waals surface area contributed by atoms with Crippen LogP contribution in [0.25, 0.3) is 0 Å². The molecule has 1 saturated carbocycles. The Labute approximate surface area is 103 Å². The van der Waals surface area contributed by atoms with Gasteiger partial charge in [-0.25, -0.2) is 0 Å². The second-order valence-corrected chi connectivity index (χ2v) is 4.98. The van der Waals surface area contributed by atoms with E-state index in [4.69, 9.17) is 10.5 Å². The van der Waals surface area contributed by atoms with E-state index in [0.717, 1.165) is 30.6 Å². The second kappa shape index (κ2) is 5.15. The Hall–Kier alpha value is -0.930. The lowest BCUT2D eigenvalue weighted by atomic mass is 9.87. The maximum atomic E-state index is 6.43. The van der Waals surface area contributed by atoms with Crippen LogP contribution in [-0.2, 0) is 4.74 Å². The highest BCUT2D eigenvalue weighted by Gasteiger charge is 2.41. The zero-order valence-electron chi connectivity index (χ0n) is 10.8. The standard InChI is InChI=1S/C14H22N2O/c1-3-17-14(6-4-5-7-14)13(15)12-8-11(2)9-16-10-12/h8-10,13H,3-7,15H2,1-2H3. The maximum Gasteiger partial charge on any atom is 0.0874 e. The molecule has 0 saturated heterocycles. The van der Waals surface area contributed by atoms with E-state index in [-0.39, 0.29) is 11.6 Å². The first-order valence-electron chi connectivity index (χ1n) is 6.49. The van der Waals surface area contributed by atoms with E-state index in [9.17, 15) is 0 Å². The summed E-state index contributed by atoms with van der Waals surface area (Å²) in [6.45, 7) is 4.82. The summed E-state index contributed by atoms with van der Waals surface area (Å²) >= 11 is 0. The smallest absolute Gasteiger partial charge is 0.0874 e. The molecule has 17 heavy (non-hydrogen) atoms. The van der Waals surface area contributed by atoms with Gasteiger partial charge in [-0.1, -0.05) is 18.9 Å². The molecule has 3 heteroatoms. The molecule has 0 bridgehead atoms. The van der Waals surface area contributed by atoms with Crippen LogP contribution < -0.4 is 5.73 Å². The number of hydrogen-bond acceptors (Lipinski definition) is 3. The van der Waals surface area contributed by atoms with E-state index in [0.29, 0.717) is 0 Å². The summed E-state index contributed by atoms with van der Waals surface area (Å²) in [5, 5.41) is 0. The summed E-state index contributed by atoms with van der Waals surface area (Å²) < 4.78 is 5.99. The van der Waals surface area contributed by atoms with E-state index in [1.165, 1.54) is 12.8 Å². The molecular weight excluding hydrogens is 212 g/mol. The van der Waals surface area contributed by atoms with Gasteiger partial charge in [-0.15, -0.1) is 0 Å². The summed E-state index contributed by atoms with van der Waals surface area (Å²) in [7, 11) is 0. The SMILES string of the molecule is CCOC1(C(N)c2cncc(C)c2)CCCC1. The van der Waals surface area contributed by atoms with E-state index < -0.39 is 0 Å². The fourth-order valence-corrected chi connectivity index (χ4v) is 2.86. The van der Waals surface area contributed by atoms with Crippen LogP contribution in [0.5, 0.6) is 0 Å². The molecule has 1 aliphatic rings. The summed E-state index contributed by atoms with van der Waals surface area (Å²) in [6, 6.07) is 2.06. The van der Waals surface area contributed by atoms with Gasteiger partial charge in [0.1, 0.15) is 0 Å². The second-order valence-electron chi connectivity index (χ2n) is 4.98. The van der Waals surface area contributed by atoms with Crippen LogP contribution in [0.3, 0.4) is 0 Å². The van der Waals surface area contributed by atoms with Crippen molar-refractivity contribution < 1.29 is 4.74 Å². The molecule has 0 spiro atoms. The molecule has 1 fully saturated rings. The number of hydrogen-bond donors (Lipinski definition) is 1. The monoisotopic (exact) mass is 234 g/mol. The minimum Gasteiger partial charge on any atom is -0.373 e.